The highest BCUT2D eigenvalue weighted by Gasteiger charge is 2.29. The van der Waals surface area contributed by atoms with Gasteiger partial charge in [0.2, 0.25) is 6.10 Å². The molecule has 0 fully saturated rings. The SMILES string of the molecule is COC(=O)c1ccc(NC(=O)[C@H]2CC(c3cccc(F)c3)=NO2)cc1. The smallest absolute Gasteiger partial charge is 0.337 e. The molecule has 7 heteroatoms. The number of methoxy groups -OCH3 is 1. The fourth-order valence-corrected chi connectivity index (χ4v) is 2.39. The zero-order chi connectivity index (χ0) is 17.8. The van der Waals surface area contributed by atoms with Gasteiger partial charge in [-0.3, -0.25) is 4.79 Å². The van der Waals surface area contributed by atoms with Crippen LogP contribution in [0.25, 0.3) is 0 Å². The number of ether oxygens (including phenoxy) is 1. The van der Waals surface area contributed by atoms with Gasteiger partial charge in [0.1, 0.15) is 5.82 Å². The minimum Gasteiger partial charge on any atom is -0.465 e. The van der Waals surface area contributed by atoms with E-state index in [1.165, 1.54) is 19.2 Å². The molecule has 0 radical (unpaired) electrons. The van der Waals surface area contributed by atoms with Crippen molar-refractivity contribution in [3.05, 3.63) is 65.5 Å². The summed E-state index contributed by atoms with van der Waals surface area (Å²) in [6.07, 6.45) is -0.547. The van der Waals surface area contributed by atoms with E-state index in [2.05, 4.69) is 15.2 Å². The normalized spacial score (nSPS) is 15.9. The second kappa shape index (κ2) is 7.12. The number of hydrogen-bond donors (Lipinski definition) is 1. The molecule has 0 saturated carbocycles. The highest BCUT2D eigenvalue weighted by molar-refractivity contribution is 6.06. The molecule has 1 N–H and O–H groups in total. The zero-order valence-corrected chi connectivity index (χ0v) is 13.4. The van der Waals surface area contributed by atoms with Crippen molar-refractivity contribution in [2.75, 3.05) is 12.4 Å². The molecule has 0 spiro atoms. The summed E-state index contributed by atoms with van der Waals surface area (Å²) in [6, 6.07) is 12.2. The number of hydrogen-bond acceptors (Lipinski definition) is 5. The van der Waals surface area contributed by atoms with Crippen LogP contribution in [0.15, 0.2) is 53.7 Å². The van der Waals surface area contributed by atoms with Gasteiger partial charge < -0.3 is 14.9 Å². The van der Waals surface area contributed by atoms with Gasteiger partial charge in [-0.2, -0.15) is 0 Å². The maximum Gasteiger partial charge on any atom is 0.337 e. The number of carbonyl (C=O) groups is 2. The third-order valence-electron chi connectivity index (χ3n) is 3.69. The number of anilines is 1. The van der Waals surface area contributed by atoms with E-state index in [9.17, 15) is 14.0 Å². The molecule has 6 nitrogen and oxygen atoms in total. The molecule has 0 aliphatic carbocycles. The second-order valence-corrected chi connectivity index (χ2v) is 5.40. The number of oxime groups is 1. The van der Waals surface area contributed by atoms with Crippen molar-refractivity contribution >= 4 is 23.3 Å². The predicted molar refractivity (Wildman–Crippen MR) is 88.8 cm³/mol. The first-order valence-electron chi connectivity index (χ1n) is 7.54. The lowest BCUT2D eigenvalue weighted by molar-refractivity contribution is -0.125. The van der Waals surface area contributed by atoms with E-state index in [4.69, 9.17) is 4.84 Å². The fourth-order valence-electron chi connectivity index (χ4n) is 2.39. The number of nitrogens with zero attached hydrogens (tertiary/aromatic N) is 1. The minimum atomic E-state index is -0.793. The molecular formula is C18H15FN2O4. The Hall–Kier alpha value is -3.22. The summed E-state index contributed by atoms with van der Waals surface area (Å²) in [5.74, 6) is -1.20. The summed E-state index contributed by atoms with van der Waals surface area (Å²) in [6.45, 7) is 0. The lowest BCUT2D eigenvalue weighted by atomic mass is 10.0. The Morgan fingerprint density at radius 2 is 2.00 bits per heavy atom. The summed E-state index contributed by atoms with van der Waals surface area (Å²) >= 11 is 0. The van der Waals surface area contributed by atoms with E-state index >= 15 is 0 Å². The van der Waals surface area contributed by atoms with Crippen LogP contribution in [0.2, 0.25) is 0 Å². The van der Waals surface area contributed by atoms with Crippen molar-refractivity contribution in [1.29, 1.82) is 0 Å². The Balaban J connectivity index is 1.61. The van der Waals surface area contributed by atoms with E-state index in [1.807, 2.05) is 0 Å². The molecule has 2 aromatic carbocycles. The molecule has 1 amide bonds. The zero-order valence-electron chi connectivity index (χ0n) is 13.4. The Bertz CT molecular complexity index is 833. The van der Waals surface area contributed by atoms with Crippen molar-refractivity contribution in [3.63, 3.8) is 0 Å². The van der Waals surface area contributed by atoms with Crippen molar-refractivity contribution in [1.82, 2.24) is 0 Å². The van der Waals surface area contributed by atoms with Crippen LogP contribution in [0.5, 0.6) is 0 Å². The van der Waals surface area contributed by atoms with Crippen LogP contribution in [0.1, 0.15) is 22.3 Å². The number of esters is 1. The minimum absolute atomic E-state index is 0.246. The van der Waals surface area contributed by atoms with Crippen LogP contribution in [0.3, 0.4) is 0 Å². The summed E-state index contributed by atoms with van der Waals surface area (Å²) in [5.41, 5.74) is 1.99. The monoisotopic (exact) mass is 342 g/mol. The molecule has 0 saturated heterocycles. The van der Waals surface area contributed by atoms with Crippen LogP contribution in [0.4, 0.5) is 10.1 Å². The van der Waals surface area contributed by atoms with Crippen molar-refractivity contribution in [3.8, 4) is 0 Å². The average molecular weight is 342 g/mol. The van der Waals surface area contributed by atoms with Gasteiger partial charge in [-0.25, -0.2) is 9.18 Å². The Kier molecular flexibility index (Phi) is 4.74. The van der Waals surface area contributed by atoms with Crippen LogP contribution in [0, 0.1) is 5.82 Å². The first-order chi connectivity index (χ1) is 12.1. The van der Waals surface area contributed by atoms with Gasteiger partial charge in [0, 0.05) is 17.7 Å². The Labute approximate surface area is 143 Å². The standard InChI is InChI=1S/C18H15FN2O4/c1-24-18(23)11-5-7-14(8-6-11)20-17(22)16-10-15(21-25-16)12-3-2-4-13(19)9-12/h2-9,16H,10H2,1H3,(H,20,22)/t16-/m1/s1. The number of amides is 1. The number of halogens is 1. The van der Waals surface area contributed by atoms with Crippen LogP contribution in [-0.2, 0) is 14.4 Å². The molecule has 1 aliphatic heterocycles. The van der Waals surface area contributed by atoms with Crippen LogP contribution < -0.4 is 5.32 Å². The quantitative estimate of drug-likeness (QED) is 0.867. The van der Waals surface area contributed by atoms with Gasteiger partial charge in [-0.1, -0.05) is 17.3 Å². The molecular weight excluding hydrogens is 327 g/mol. The number of carbonyl (C=O) groups excluding carboxylic acids is 2. The lowest BCUT2D eigenvalue weighted by Crippen LogP contribution is -2.28. The summed E-state index contributed by atoms with van der Waals surface area (Å²) in [7, 11) is 1.30. The van der Waals surface area contributed by atoms with Gasteiger partial charge in [0.15, 0.2) is 0 Å². The average Bonchev–Trinajstić information content (AvgIpc) is 3.12. The topological polar surface area (TPSA) is 77.0 Å². The molecule has 1 atom stereocenters. The number of rotatable bonds is 4. The molecule has 0 bridgehead atoms. The molecule has 1 heterocycles. The molecule has 25 heavy (non-hydrogen) atoms. The molecule has 1 aliphatic rings. The molecule has 128 valence electrons. The third-order valence-corrected chi connectivity index (χ3v) is 3.69. The first-order valence-corrected chi connectivity index (χ1v) is 7.54. The van der Waals surface area contributed by atoms with Crippen LogP contribution >= 0.6 is 0 Å². The van der Waals surface area contributed by atoms with Crippen LogP contribution in [-0.4, -0.2) is 30.8 Å². The number of nitrogens with one attached hydrogen (secondary N) is 1. The fraction of sp³-hybridized carbons (Fsp3) is 0.167. The van der Waals surface area contributed by atoms with Gasteiger partial charge >= 0.3 is 5.97 Å². The second-order valence-electron chi connectivity index (χ2n) is 5.40. The summed E-state index contributed by atoms with van der Waals surface area (Å²) < 4.78 is 17.9. The Morgan fingerprint density at radius 1 is 1.24 bits per heavy atom. The first kappa shape index (κ1) is 16.6. The predicted octanol–water partition coefficient (Wildman–Crippen LogP) is 2.74. The molecule has 2 aromatic rings. The van der Waals surface area contributed by atoms with E-state index in [0.717, 1.165) is 0 Å². The maximum absolute atomic E-state index is 13.3. The maximum atomic E-state index is 13.3. The summed E-state index contributed by atoms with van der Waals surface area (Å²) in [4.78, 5) is 28.8. The molecule has 0 aromatic heterocycles. The van der Waals surface area contributed by atoms with Crippen molar-refractivity contribution in [2.24, 2.45) is 5.16 Å². The Morgan fingerprint density at radius 3 is 2.68 bits per heavy atom. The van der Waals surface area contributed by atoms with E-state index in [0.29, 0.717) is 22.5 Å². The lowest BCUT2D eigenvalue weighted by Gasteiger charge is -2.10. The van der Waals surface area contributed by atoms with E-state index in [1.54, 1.807) is 36.4 Å². The van der Waals surface area contributed by atoms with Gasteiger partial charge in [-0.05, 0) is 36.4 Å². The van der Waals surface area contributed by atoms with Gasteiger partial charge in [0.05, 0.1) is 18.4 Å². The number of benzene rings is 2. The third kappa shape index (κ3) is 3.82. The largest absolute Gasteiger partial charge is 0.465 e. The van der Waals surface area contributed by atoms with Gasteiger partial charge in [0.25, 0.3) is 5.91 Å². The van der Waals surface area contributed by atoms with E-state index < -0.39 is 12.1 Å². The molecule has 0 unspecified atom stereocenters. The van der Waals surface area contributed by atoms with Crippen molar-refractivity contribution in [2.45, 2.75) is 12.5 Å². The van der Waals surface area contributed by atoms with Gasteiger partial charge in [-0.15, -0.1) is 0 Å². The highest BCUT2D eigenvalue weighted by atomic mass is 19.1. The molecule has 3 rings (SSSR count). The summed E-state index contributed by atoms with van der Waals surface area (Å²) in [5, 5.41) is 6.56. The highest BCUT2D eigenvalue weighted by Crippen LogP contribution is 2.19. The van der Waals surface area contributed by atoms with E-state index in [-0.39, 0.29) is 18.1 Å². The van der Waals surface area contributed by atoms with Crippen molar-refractivity contribution < 1.29 is 23.6 Å².